The van der Waals surface area contributed by atoms with E-state index in [1.165, 1.54) is 12.8 Å². The highest BCUT2D eigenvalue weighted by molar-refractivity contribution is 6.21. The van der Waals surface area contributed by atoms with Gasteiger partial charge in [0, 0.05) is 77.3 Å². The number of likely N-dealkylation sites (tertiary alicyclic amines) is 1. The van der Waals surface area contributed by atoms with E-state index in [9.17, 15) is 25.2 Å². The third kappa shape index (κ3) is 9.26. The van der Waals surface area contributed by atoms with E-state index in [0.29, 0.717) is 38.5 Å². The number of piperazine rings is 1. The molecule has 260 valence electrons. The Morgan fingerprint density at radius 1 is 0.956 bits per heavy atom. The Morgan fingerprint density at radius 3 is 2.27 bits per heavy atom. The minimum atomic E-state index is -1.66. The minimum absolute atomic E-state index is 0.0254. The molecular weight excluding hydrogens is 609 g/mol. The number of amides is 1. The van der Waals surface area contributed by atoms with Gasteiger partial charge in [-0.05, 0) is 56.8 Å². The quantitative estimate of drug-likeness (QED) is 0.0921. The Bertz CT molecular complexity index is 919. The lowest BCUT2D eigenvalue weighted by Crippen LogP contribution is -2.71. The van der Waals surface area contributed by atoms with E-state index >= 15 is 4.39 Å². The van der Waals surface area contributed by atoms with Gasteiger partial charge in [0.05, 0.1) is 24.2 Å². The standard InChI is InChI=1S/C31H55ClFN5O7/c32-21-13-34-31(35-14-21)36-7-5-19(6-8-36)2-1-9-45-24-4-3-20(25(33)12-24)10-28(42)37-15-22-11-23(16-37)38(22)17-26(40)29(43)30(44)27(41)18-39/h19-27,29-31,34-35,39-41,43-44H,1-18H2/t20?,21?,22?,23?,24?,25?,26-,27+,29+,30+,31?/m0/s1. The van der Waals surface area contributed by atoms with Crippen LogP contribution in [0.15, 0.2) is 0 Å². The number of halogens is 2. The van der Waals surface area contributed by atoms with Gasteiger partial charge in [-0.2, -0.15) is 0 Å². The Balaban J connectivity index is 0.934. The van der Waals surface area contributed by atoms with Crippen molar-refractivity contribution in [3.8, 4) is 0 Å². The maximum Gasteiger partial charge on any atom is 0.223 e. The number of aliphatic hydroxyl groups excluding tert-OH is 5. The van der Waals surface area contributed by atoms with Crippen LogP contribution in [0, 0.1) is 11.8 Å². The van der Waals surface area contributed by atoms with Gasteiger partial charge < -0.3 is 35.2 Å². The number of hydrogen-bond acceptors (Lipinski definition) is 11. The first-order chi connectivity index (χ1) is 21.6. The number of nitrogens with zero attached hydrogens (tertiary/aromatic N) is 3. The molecule has 9 atom stereocenters. The minimum Gasteiger partial charge on any atom is -0.394 e. The maximum absolute atomic E-state index is 15.2. The summed E-state index contributed by atoms with van der Waals surface area (Å²) in [6.07, 6.45) is 0.281. The van der Waals surface area contributed by atoms with Crippen LogP contribution in [-0.4, -0.2) is 166 Å². The fraction of sp³-hybridized carbons (Fsp3) is 0.968. The summed E-state index contributed by atoms with van der Waals surface area (Å²) in [4.78, 5) is 19.4. The van der Waals surface area contributed by atoms with Crippen molar-refractivity contribution in [3.05, 3.63) is 0 Å². The number of carbonyl (C=O) groups excluding carboxylic acids is 1. The average Bonchev–Trinajstić information content (AvgIpc) is 3.06. The Morgan fingerprint density at radius 2 is 1.62 bits per heavy atom. The number of hydrogen-bond donors (Lipinski definition) is 7. The van der Waals surface area contributed by atoms with Crippen LogP contribution in [0.25, 0.3) is 0 Å². The fourth-order valence-corrected chi connectivity index (χ4v) is 8.13. The smallest absolute Gasteiger partial charge is 0.223 e. The van der Waals surface area contributed by atoms with Gasteiger partial charge in [0.1, 0.15) is 30.8 Å². The Labute approximate surface area is 271 Å². The molecule has 12 nitrogen and oxygen atoms in total. The van der Waals surface area contributed by atoms with E-state index in [0.717, 1.165) is 51.9 Å². The number of fused-ring (bicyclic) bond motifs is 2. The highest BCUT2D eigenvalue weighted by Gasteiger charge is 2.47. The molecule has 6 aliphatic rings. The lowest BCUT2D eigenvalue weighted by molar-refractivity contribution is -0.156. The predicted octanol–water partition coefficient (Wildman–Crippen LogP) is -0.803. The Hall–Kier alpha value is -0.710. The zero-order valence-corrected chi connectivity index (χ0v) is 27.1. The van der Waals surface area contributed by atoms with Gasteiger partial charge in [-0.3, -0.25) is 25.2 Å². The summed E-state index contributed by atoms with van der Waals surface area (Å²) in [7, 11) is 0. The largest absolute Gasteiger partial charge is 0.394 e. The van der Waals surface area contributed by atoms with Crippen molar-refractivity contribution in [3.63, 3.8) is 0 Å². The SMILES string of the molecule is O=C(CC1CCC(OCCCC2CCN(C3NCC(Cl)CN3)CC2)CC1F)N1CC2CC(C1)N2C[C@H](O)[C@@H](O)[C@H](O)[C@H](O)CO. The van der Waals surface area contributed by atoms with E-state index in [4.69, 9.17) is 21.4 Å². The monoisotopic (exact) mass is 663 g/mol. The summed E-state index contributed by atoms with van der Waals surface area (Å²) < 4.78 is 21.3. The number of carbonyl (C=O) groups is 1. The first kappa shape index (κ1) is 35.6. The lowest BCUT2D eigenvalue weighted by Gasteiger charge is -2.57. The molecule has 0 aromatic rings. The molecule has 7 N–H and O–H groups in total. The number of aliphatic hydroxyl groups is 5. The number of rotatable bonds is 14. The van der Waals surface area contributed by atoms with E-state index in [2.05, 4.69) is 15.5 Å². The lowest BCUT2D eigenvalue weighted by atomic mass is 9.82. The number of alkyl halides is 2. The predicted molar refractivity (Wildman–Crippen MR) is 166 cm³/mol. The molecule has 5 saturated heterocycles. The fourth-order valence-electron chi connectivity index (χ4n) is 7.96. The van der Waals surface area contributed by atoms with Crippen molar-refractivity contribution < 1.29 is 39.5 Å². The van der Waals surface area contributed by atoms with Crippen LogP contribution in [0.1, 0.15) is 57.8 Å². The van der Waals surface area contributed by atoms with E-state index < -0.39 is 37.2 Å². The molecule has 5 heterocycles. The van der Waals surface area contributed by atoms with E-state index in [1.54, 1.807) is 4.90 Å². The van der Waals surface area contributed by atoms with Crippen LogP contribution in [0.2, 0.25) is 0 Å². The normalized spacial score (nSPS) is 36.2. The van der Waals surface area contributed by atoms with Crippen LogP contribution in [-0.2, 0) is 9.53 Å². The molecule has 1 amide bonds. The first-order valence-corrected chi connectivity index (χ1v) is 17.5. The molecule has 5 aliphatic heterocycles. The van der Waals surface area contributed by atoms with Gasteiger partial charge in [-0.15, -0.1) is 11.6 Å². The van der Waals surface area contributed by atoms with Gasteiger partial charge in [-0.25, -0.2) is 4.39 Å². The van der Waals surface area contributed by atoms with Crippen molar-refractivity contribution in [2.45, 2.75) is 118 Å². The van der Waals surface area contributed by atoms with Gasteiger partial charge in [0.2, 0.25) is 5.91 Å². The molecule has 45 heavy (non-hydrogen) atoms. The molecule has 6 fully saturated rings. The van der Waals surface area contributed by atoms with E-state index in [1.807, 2.05) is 4.90 Å². The number of ether oxygens (including phenoxy) is 1. The highest BCUT2D eigenvalue weighted by atomic mass is 35.5. The van der Waals surface area contributed by atoms with Crippen LogP contribution < -0.4 is 10.6 Å². The molecule has 1 saturated carbocycles. The second-order valence-corrected chi connectivity index (χ2v) is 14.7. The van der Waals surface area contributed by atoms with Gasteiger partial charge in [0.15, 0.2) is 0 Å². The molecule has 1 aliphatic carbocycles. The van der Waals surface area contributed by atoms with Crippen LogP contribution >= 0.6 is 11.6 Å². The zero-order chi connectivity index (χ0) is 32.1. The second kappa shape index (κ2) is 16.6. The van der Waals surface area contributed by atoms with Crippen molar-refractivity contribution in [1.82, 2.24) is 25.3 Å². The summed E-state index contributed by atoms with van der Waals surface area (Å²) >= 11 is 6.16. The van der Waals surface area contributed by atoms with Crippen LogP contribution in [0.3, 0.4) is 0 Å². The molecule has 0 aromatic heterocycles. The number of nitrogens with one attached hydrogen (secondary N) is 2. The molecule has 2 bridgehead atoms. The zero-order valence-electron chi connectivity index (χ0n) is 26.3. The highest BCUT2D eigenvalue weighted by Crippen LogP contribution is 2.36. The molecule has 6 rings (SSSR count). The molecule has 14 heteroatoms. The molecule has 0 spiro atoms. The summed E-state index contributed by atoms with van der Waals surface area (Å²) in [5.74, 6) is 0.368. The summed E-state index contributed by atoms with van der Waals surface area (Å²) in [5, 5.41) is 56.0. The third-order valence-electron chi connectivity index (χ3n) is 10.9. The summed E-state index contributed by atoms with van der Waals surface area (Å²) in [6, 6.07) is 0.0508. The molecule has 5 unspecified atom stereocenters. The second-order valence-electron chi connectivity index (χ2n) is 14.1. The summed E-state index contributed by atoms with van der Waals surface area (Å²) in [5.41, 5.74) is 0. The van der Waals surface area contributed by atoms with E-state index in [-0.39, 0.29) is 54.6 Å². The van der Waals surface area contributed by atoms with Gasteiger partial charge >= 0.3 is 0 Å². The van der Waals surface area contributed by atoms with Crippen molar-refractivity contribution in [1.29, 1.82) is 0 Å². The maximum atomic E-state index is 15.2. The first-order valence-electron chi connectivity index (χ1n) is 17.1. The van der Waals surface area contributed by atoms with Crippen molar-refractivity contribution >= 4 is 17.5 Å². The summed E-state index contributed by atoms with van der Waals surface area (Å²) in [6.45, 7) is 4.81. The van der Waals surface area contributed by atoms with Crippen LogP contribution in [0.4, 0.5) is 4.39 Å². The molecule has 0 radical (unpaired) electrons. The van der Waals surface area contributed by atoms with Crippen LogP contribution in [0.5, 0.6) is 0 Å². The van der Waals surface area contributed by atoms with Gasteiger partial charge in [-0.1, -0.05) is 0 Å². The number of piperidine rings is 2. The average molecular weight is 664 g/mol. The molecular formula is C31H55ClFN5O7. The van der Waals surface area contributed by atoms with Gasteiger partial charge in [0.25, 0.3) is 0 Å². The molecule has 0 aromatic carbocycles. The van der Waals surface area contributed by atoms with Crippen molar-refractivity contribution in [2.75, 3.05) is 59.0 Å². The third-order valence-corrected chi connectivity index (χ3v) is 11.2. The Kier molecular flexibility index (Phi) is 13.1. The van der Waals surface area contributed by atoms with Crippen molar-refractivity contribution in [2.24, 2.45) is 11.8 Å². The topological polar surface area (TPSA) is 161 Å².